The van der Waals surface area contributed by atoms with Crippen molar-refractivity contribution in [1.29, 1.82) is 0 Å². The van der Waals surface area contributed by atoms with E-state index in [0.717, 1.165) is 5.92 Å². The molecule has 0 aromatic carbocycles. The van der Waals surface area contributed by atoms with Gasteiger partial charge in [-0.25, -0.2) is 0 Å². The lowest BCUT2D eigenvalue weighted by Gasteiger charge is -2.48. The van der Waals surface area contributed by atoms with Crippen molar-refractivity contribution in [2.45, 2.75) is 64.5 Å². The van der Waals surface area contributed by atoms with E-state index in [9.17, 15) is 4.79 Å². The summed E-state index contributed by atoms with van der Waals surface area (Å²) in [6.07, 6.45) is 8.00. The first kappa shape index (κ1) is 11.1. The number of nitrogens with zero attached hydrogens (tertiary/aromatic N) is 1. The van der Waals surface area contributed by atoms with Crippen LogP contribution < -0.4 is 0 Å². The molecule has 2 rings (SSSR count). The van der Waals surface area contributed by atoms with E-state index >= 15 is 0 Å². The lowest BCUT2D eigenvalue weighted by atomic mass is 9.77. The first-order chi connectivity index (χ1) is 7.20. The number of carbonyl (C=O) groups excluding carboxylic acids is 1. The molecule has 15 heavy (non-hydrogen) atoms. The number of hydrogen-bond donors (Lipinski definition) is 0. The van der Waals surface area contributed by atoms with E-state index in [-0.39, 0.29) is 0 Å². The summed E-state index contributed by atoms with van der Waals surface area (Å²) in [6.45, 7) is 4.73. The molecule has 2 heteroatoms. The topological polar surface area (TPSA) is 20.3 Å². The van der Waals surface area contributed by atoms with Crippen molar-refractivity contribution in [1.82, 2.24) is 4.90 Å². The molecule has 86 valence electrons. The Morgan fingerprint density at radius 3 is 2.33 bits per heavy atom. The summed E-state index contributed by atoms with van der Waals surface area (Å²) in [7, 11) is 0. The van der Waals surface area contributed by atoms with Gasteiger partial charge in [0.25, 0.3) is 0 Å². The summed E-state index contributed by atoms with van der Waals surface area (Å²) in [4.78, 5) is 13.8. The molecule has 2 bridgehead atoms. The molecule has 0 radical (unpaired) electrons. The minimum absolute atomic E-state index is 0.335. The predicted octanol–water partition coefficient (Wildman–Crippen LogP) is 2.62. The molecule has 0 aromatic heterocycles. The molecule has 2 saturated heterocycles. The van der Waals surface area contributed by atoms with Crippen LogP contribution in [-0.4, -0.2) is 29.3 Å². The molecule has 2 fully saturated rings. The highest BCUT2D eigenvalue weighted by molar-refractivity contribution is 5.77. The zero-order valence-corrected chi connectivity index (χ0v) is 10.0. The molecule has 2 nitrogen and oxygen atoms in total. The van der Waals surface area contributed by atoms with Crippen molar-refractivity contribution in [3.05, 3.63) is 0 Å². The molecule has 0 saturated carbocycles. The van der Waals surface area contributed by atoms with Crippen LogP contribution >= 0.6 is 0 Å². The highest BCUT2D eigenvalue weighted by Gasteiger charge is 2.37. The van der Waals surface area contributed by atoms with E-state index in [1.54, 1.807) is 6.92 Å². The highest BCUT2D eigenvalue weighted by atomic mass is 16.1. The Balaban J connectivity index is 2.03. The molecule has 0 aromatic rings. The maximum absolute atomic E-state index is 11.3. The van der Waals surface area contributed by atoms with E-state index in [0.29, 0.717) is 24.4 Å². The molecule has 2 aliphatic rings. The van der Waals surface area contributed by atoms with Crippen molar-refractivity contribution in [2.75, 3.05) is 6.54 Å². The Kier molecular flexibility index (Phi) is 3.45. The number of fused-ring (bicyclic) bond motifs is 2. The van der Waals surface area contributed by atoms with Crippen molar-refractivity contribution < 1.29 is 4.79 Å². The SMILES string of the molecule is CCC1CC2CCCC(C1)N2CC(C)=O. The van der Waals surface area contributed by atoms with Crippen LogP contribution in [0.1, 0.15) is 52.4 Å². The lowest BCUT2D eigenvalue weighted by molar-refractivity contribution is -0.121. The maximum atomic E-state index is 11.3. The van der Waals surface area contributed by atoms with Crippen molar-refractivity contribution >= 4 is 5.78 Å². The number of rotatable bonds is 3. The van der Waals surface area contributed by atoms with Gasteiger partial charge < -0.3 is 0 Å². The van der Waals surface area contributed by atoms with Crippen molar-refractivity contribution in [2.24, 2.45) is 5.92 Å². The summed E-state index contributed by atoms with van der Waals surface area (Å²) < 4.78 is 0. The third-order valence-electron chi connectivity index (χ3n) is 4.21. The first-order valence-electron chi connectivity index (χ1n) is 6.46. The fourth-order valence-electron chi connectivity index (χ4n) is 3.44. The van der Waals surface area contributed by atoms with Crippen LogP contribution in [0.5, 0.6) is 0 Å². The van der Waals surface area contributed by atoms with E-state index in [2.05, 4.69) is 11.8 Å². The number of carbonyl (C=O) groups is 1. The maximum Gasteiger partial charge on any atom is 0.143 e. The van der Waals surface area contributed by atoms with Crippen LogP contribution in [0.2, 0.25) is 0 Å². The van der Waals surface area contributed by atoms with Gasteiger partial charge in [0, 0.05) is 12.1 Å². The quantitative estimate of drug-likeness (QED) is 0.712. The normalized spacial score (nSPS) is 36.5. The van der Waals surface area contributed by atoms with E-state index in [1.807, 2.05) is 0 Å². The van der Waals surface area contributed by atoms with Gasteiger partial charge in [-0.15, -0.1) is 0 Å². The predicted molar refractivity (Wildman–Crippen MR) is 61.8 cm³/mol. The molecule has 0 amide bonds. The van der Waals surface area contributed by atoms with E-state index < -0.39 is 0 Å². The van der Waals surface area contributed by atoms with Gasteiger partial charge in [0.05, 0.1) is 6.54 Å². The molecule has 2 heterocycles. The number of Topliss-reactive ketones (excluding diaryl/α,β-unsaturated/α-hetero) is 1. The van der Waals surface area contributed by atoms with Crippen LogP contribution in [0.4, 0.5) is 0 Å². The molecule has 2 aliphatic heterocycles. The van der Waals surface area contributed by atoms with Crippen LogP contribution in [0.25, 0.3) is 0 Å². The van der Waals surface area contributed by atoms with Crippen LogP contribution in [-0.2, 0) is 4.79 Å². The summed E-state index contributed by atoms with van der Waals surface area (Å²) >= 11 is 0. The molecule has 0 aliphatic carbocycles. The zero-order chi connectivity index (χ0) is 10.8. The zero-order valence-electron chi connectivity index (χ0n) is 10.0. The minimum Gasteiger partial charge on any atom is -0.299 e. The van der Waals surface area contributed by atoms with Gasteiger partial charge in [-0.2, -0.15) is 0 Å². The molecule has 2 atom stereocenters. The van der Waals surface area contributed by atoms with Gasteiger partial charge in [-0.05, 0) is 38.5 Å². The van der Waals surface area contributed by atoms with Crippen LogP contribution in [0.3, 0.4) is 0 Å². The molecule has 2 unspecified atom stereocenters. The average molecular weight is 209 g/mol. The molecule has 0 spiro atoms. The van der Waals surface area contributed by atoms with Crippen molar-refractivity contribution in [3.63, 3.8) is 0 Å². The number of piperidine rings is 2. The summed E-state index contributed by atoms with van der Waals surface area (Å²) in [5.74, 6) is 1.25. The Labute approximate surface area is 93.0 Å². The van der Waals surface area contributed by atoms with Crippen LogP contribution in [0.15, 0.2) is 0 Å². The lowest BCUT2D eigenvalue weighted by Crippen LogP contribution is -2.53. The Bertz CT molecular complexity index is 225. The van der Waals surface area contributed by atoms with Crippen LogP contribution in [0, 0.1) is 5.92 Å². The summed E-state index contributed by atoms with van der Waals surface area (Å²) in [5, 5.41) is 0. The smallest absolute Gasteiger partial charge is 0.143 e. The van der Waals surface area contributed by atoms with E-state index in [1.165, 1.54) is 38.5 Å². The highest BCUT2D eigenvalue weighted by Crippen LogP contribution is 2.37. The van der Waals surface area contributed by atoms with Gasteiger partial charge in [0.1, 0.15) is 5.78 Å². The fraction of sp³-hybridized carbons (Fsp3) is 0.923. The standard InChI is InChI=1S/C13H23NO/c1-3-11-7-12-5-4-6-13(8-11)14(12)9-10(2)15/h11-13H,3-9H2,1-2H3. The van der Waals surface area contributed by atoms with E-state index in [4.69, 9.17) is 0 Å². The van der Waals surface area contributed by atoms with Gasteiger partial charge >= 0.3 is 0 Å². The Morgan fingerprint density at radius 2 is 1.87 bits per heavy atom. The second-order valence-corrected chi connectivity index (χ2v) is 5.36. The Hall–Kier alpha value is -0.370. The minimum atomic E-state index is 0.335. The second-order valence-electron chi connectivity index (χ2n) is 5.36. The largest absolute Gasteiger partial charge is 0.299 e. The third kappa shape index (κ3) is 2.41. The molecule has 0 N–H and O–H groups in total. The Morgan fingerprint density at radius 1 is 1.27 bits per heavy atom. The van der Waals surface area contributed by atoms with Crippen molar-refractivity contribution in [3.8, 4) is 0 Å². The van der Waals surface area contributed by atoms with Gasteiger partial charge in [0.2, 0.25) is 0 Å². The summed E-state index contributed by atoms with van der Waals surface area (Å²) in [6, 6.07) is 1.43. The number of ketones is 1. The first-order valence-corrected chi connectivity index (χ1v) is 6.46. The third-order valence-corrected chi connectivity index (χ3v) is 4.21. The molecular weight excluding hydrogens is 186 g/mol. The number of hydrogen-bond acceptors (Lipinski definition) is 2. The van der Waals surface area contributed by atoms with Gasteiger partial charge in [-0.3, -0.25) is 9.69 Å². The second kappa shape index (κ2) is 4.65. The fourth-order valence-corrected chi connectivity index (χ4v) is 3.44. The average Bonchev–Trinajstić information content (AvgIpc) is 2.16. The summed E-state index contributed by atoms with van der Waals surface area (Å²) in [5.41, 5.74) is 0. The van der Waals surface area contributed by atoms with Gasteiger partial charge in [-0.1, -0.05) is 19.8 Å². The molecular formula is C13H23NO. The monoisotopic (exact) mass is 209 g/mol. The van der Waals surface area contributed by atoms with Gasteiger partial charge in [0.15, 0.2) is 0 Å².